The van der Waals surface area contributed by atoms with Crippen molar-refractivity contribution in [3.8, 4) is 17.2 Å². The molecule has 0 fully saturated rings. The third-order valence-electron chi connectivity index (χ3n) is 7.27. The van der Waals surface area contributed by atoms with Gasteiger partial charge in [-0.25, -0.2) is 0 Å². The zero-order valence-electron chi connectivity index (χ0n) is 26.1. The summed E-state index contributed by atoms with van der Waals surface area (Å²) >= 11 is 9.03. The summed E-state index contributed by atoms with van der Waals surface area (Å²) in [6.45, 7) is 3.92. The number of nitriles is 1. The Morgan fingerprint density at radius 1 is 0.938 bits per heavy atom. The Morgan fingerprint density at radius 2 is 1.67 bits per heavy atom. The molecule has 0 bridgehead atoms. The molecule has 5 rings (SSSR count). The highest BCUT2D eigenvalue weighted by Crippen LogP contribution is 2.36. The van der Waals surface area contributed by atoms with Crippen LogP contribution in [0.4, 0.5) is 10.7 Å². The Hall–Kier alpha value is -5.14. The second kappa shape index (κ2) is 16.1. The third kappa shape index (κ3) is 8.60. The van der Waals surface area contributed by atoms with Gasteiger partial charge in [-0.05, 0) is 66.9 Å². The van der Waals surface area contributed by atoms with E-state index < -0.39 is 17.1 Å². The number of carbonyl (C=O) groups excluding carboxylic acids is 3. The third-order valence-corrected chi connectivity index (χ3v) is 9.87. The summed E-state index contributed by atoms with van der Waals surface area (Å²) < 4.78 is 0. The standard InChI is InChI=1S/C38H31ClN4O3S2/c1-3-34(37(46)43-38-30(22-40)31(23-47-38)25-18-16-24(2)17-19-25)48-29-14-9-13-28(21-29)41-36(45)33(20-27-12-7-8-15-32(27)39)42-35(44)26-10-5-4-6-11-26/h4-21,23,34H,3H2,1-2H3,(H,41,45)(H,42,44)(H,43,46)/b33-20+. The molecule has 48 heavy (non-hydrogen) atoms. The highest BCUT2D eigenvalue weighted by atomic mass is 35.5. The maximum absolute atomic E-state index is 13.5. The number of hydrogen-bond acceptors (Lipinski definition) is 6. The Balaban J connectivity index is 1.31. The molecule has 4 aromatic carbocycles. The van der Waals surface area contributed by atoms with Crippen molar-refractivity contribution in [1.29, 1.82) is 5.26 Å². The van der Waals surface area contributed by atoms with Crippen LogP contribution in [0.5, 0.6) is 0 Å². The van der Waals surface area contributed by atoms with Crippen LogP contribution in [0.1, 0.15) is 40.4 Å². The van der Waals surface area contributed by atoms with E-state index in [1.165, 1.54) is 29.2 Å². The van der Waals surface area contributed by atoms with Crippen molar-refractivity contribution < 1.29 is 14.4 Å². The fourth-order valence-electron chi connectivity index (χ4n) is 4.72. The van der Waals surface area contributed by atoms with Crippen LogP contribution < -0.4 is 16.0 Å². The second-order valence-electron chi connectivity index (χ2n) is 10.7. The summed E-state index contributed by atoms with van der Waals surface area (Å²) in [5, 5.41) is 20.8. The van der Waals surface area contributed by atoms with Gasteiger partial charge in [0.15, 0.2) is 0 Å². The maximum Gasteiger partial charge on any atom is 0.272 e. The molecule has 5 aromatic rings. The summed E-state index contributed by atoms with van der Waals surface area (Å²) in [5.74, 6) is -1.21. The Kier molecular flexibility index (Phi) is 11.5. The van der Waals surface area contributed by atoms with Crippen LogP contribution in [0.25, 0.3) is 17.2 Å². The quantitative estimate of drug-likeness (QED) is 0.0946. The number of aryl methyl sites for hydroxylation is 1. The highest BCUT2D eigenvalue weighted by molar-refractivity contribution is 8.00. The zero-order valence-corrected chi connectivity index (χ0v) is 28.5. The number of anilines is 2. The summed E-state index contributed by atoms with van der Waals surface area (Å²) in [5.41, 5.74) is 4.70. The molecular weight excluding hydrogens is 660 g/mol. The average Bonchev–Trinajstić information content (AvgIpc) is 3.50. The van der Waals surface area contributed by atoms with Gasteiger partial charge in [-0.2, -0.15) is 5.26 Å². The number of benzene rings is 4. The first-order chi connectivity index (χ1) is 23.2. The largest absolute Gasteiger partial charge is 0.321 e. The number of thiophene rings is 1. The fourth-order valence-corrected chi connectivity index (χ4v) is 6.85. The van der Waals surface area contributed by atoms with Gasteiger partial charge in [0.1, 0.15) is 16.8 Å². The van der Waals surface area contributed by atoms with Gasteiger partial charge >= 0.3 is 0 Å². The lowest BCUT2D eigenvalue weighted by atomic mass is 10.0. The van der Waals surface area contributed by atoms with Crippen LogP contribution in [-0.4, -0.2) is 23.0 Å². The van der Waals surface area contributed by atoms with E-state index in [2.05, 4.69) is 22.0 Å². The predicted molar refractivity (Wildman–Crippen MR) is 196 cm³/mol. The van der Waals surface area contributed by atoms with E-state index in [1.54, 1.807) is 72.8 Å². The van der Waals surface area contributed by atoms with E-state index in [4.69, 9.17) is 11.6 Å². The summed E-state index contributed by atoms with van der Waals surface area (Å²) in [6, 6.07) is 32.9. The molecule has 0 aliphatic heterocycles. The van der Waals surface area contributed by atoms with E-state index in [1.807, 2.05) is 49.6 Å². The molecule has 0 radical (unpaired) electrons. The molecule has 1 unspecified atom stereocenters. The number of thioether (sulfide) groups is 1. The first-order valence-electron chi connectivity index (χ1n) is 15.1. The Bertz CT molecular complexity index is 2020. The van der Waals surface area contributed by atoms with Gasteiger partial charge in [0.2, 0.25) is 5.91 Å². The zero-order chi connectivity index (χ0) is 34.0. The molecule has 0 saturated heterocycles. The van der Waals surface area contributed by atoms with Gasteiger partial charge in [-0.3, -0.25) is 14.4 Å². The Labute approximate surface area is 292 Å². The molecule has 1 atom stereocenters. The molecule has 0 aliphatic carbocycles. The number of rotatable bonds is 11. The maximum atomic E-state index is 13.5. The molecule has 1 aromatic heterocycles. The molecule has 0 aliphatic rings. The Morgan fingerprint density at radius 3 is 2.38 bits per heavy atom. The van der Waals surface area contributed by atoms with E-state index in [-0.39, 0.29) is 11.6 Å². The minimum atomic E-state index is -0.544. The number of amides is 3. The normalized spacial score (nSPS) is 11.7. The van der Waals surface area contributed by atoms with Crippen molar-refractivity contribution in [3.05, 3.63) is 141 Å². The molecule has 7 nitrogen and oxygen atoms in total. The molecule has 240 valence electrons. The molecule has 3 N–H and O–H groups in total. The van der Waals surface area contributed by atoms with Crippen LogP contribution >= 0.6 is 34.7 Å². The van der Waals surface area contributed by atoms with Gasteiger partial charge in [0, 0.05) is 32.1 Å². The highest BCUT2D eigenvalue weighted by Gasteiger charge is 2.22. The molecular formula is C38H31ClN4O3S2. The van der Waals surface area contributed by atoms with Crippen molar-refractivity contribution >= 4 is 69.2 Å². The van der Waals surface area contributed by atoms with E-state index in [0.29, 0.717) is 38.8 Å². The van der Waals surface area contributed by atoms with Crippen LogP contribution in [0.2, 0.25) is 5.02 Å². The van der Waals surface area contributed by atoms with Crippen molar-refractivity contribution in [2.75, 3.05) is 10.6 Å². The second-order valence-corrected chi connectivity index (χ2v) is 13.3. The van der Waals surface area contributed by atoms with Crippen molar-refractivity contribution in [2.24, 2.45) is 0 Å². The number of hydrogen-bond donors (Lipinski definition) is 3. The van der Waals surface area contributed by atoms with Gasteiger partial charge in [-0.1, -0.05) is 90.8 Å². The number of carbonyl (C=O) groups is 3. The average molecular weight is 691 g/mol. The van der Waals surface area contributed by atoms with Gasteiger partial charge in [-0.15, -0.1) is 23.1 Å². The fraction of sp³-hybridized carbons (Fsp3) is 0.105. The van der Waals surface area contributed by atoms with Gasteiger partial charge < -0.3 is 16.0 Å². The van der Waals surface area contributed by atoms with Gasteiger partial charge in [0.05, 0.1) is 10.8 Å². The monoisotopic (exact) mass is 690 g/mol. The summed E-state index contributed by atoms with van der Waals surface area (Å²) in [4.78, 5) is 40.7. The first-order valence-corrected chi connectivity index (χ1v) is 17.2. The van der Waals surface area contributed by atoms with Crippen LogP contribution in [0.15, 0.2) is 119 Å². The smallest absolute Gasteiger partial charge is 0.272 e. The minimum absolute atomic E-state index is 0.00933. The van der Waals surface area contributed by atoms with Crippen molar-refractivity contribution in [2.45, 2.75) is 30.4 Å². The van der Waals surface area contributed by atoms with Crippen molar-refractivity contribution in [1.82, 2.24) is 5.32 Å². The topological polar surface area (TPSA) is 111 Å². The van der Waals surface area contributed by atoms with E-state index >= 15 is 0 Å². The lowest BCUT2D eigenvalue weighted by molar-refractivity contribution is -0.116. The van der Waals surface area contributed by atoms with Crippen LogP contribution in [-0.2, 0) is 9.59 Å². The van der Waals surface area contributed by atoms with Crippen molar-refractivity contribution in [3.63, 3.8) is 0 Å². The molecule has 10 heteroatoms. The van der Waals surface area contributed by atoms with Crippen LogP contribution in [0, 0.1) is 18.3 Å². The van der Waals surface area contributed by atoms with E-state index in [9.17, 15) is 19.6 Å². The lowest BCUT2D eigenvalue weighted by Gasteiger charge is -2.16. The minimum Gasteiger partial charge on any atom is -0.321 e. The lowest BCUT2D eigenvalue weighted by Crippen LogP contribution is -2.30. The number of halogens is 1. The van der Waals surface area contributed by atoms with Crippen LogP contribution in [0.3, 0.4) is 0 Å². The molecule has 3 amide bonds. The molecule has 1 heterocycles. The summed E-state index contributed by atoms with van der Waals surface area (Å²) in [7, 11) is 0. The SMILES string of the molecule is CCC(Sc1cccc(NC(=O)/C(=C\c2ccccc2Cl)NC(=O)c2ccccc2)c1)C(=O)Nc1scc(-c2ccc(C)cc2)c1C#N. The predicted octanol–water partition coefficient (Wildman–Crippen LogP) is 9.17. The van der Waals surface area contributed by atoms with Gasteiger partial charge in [0.25, 0.3) is 11.8 Å². The number of nitrogens with one attached hydrogen (secondary N) is 3. The summed E-state index contributed by atoms with van der Waals surface area (Å²) in [6.07, 6.45) is 2.06. The van der Waals surface area contributed by atoms with E-state index in [0.717, 1.165) is 21.6 Å². The molecule has 0 spiro atoms. The molecule has 0 saturated carbocycles. The first kappa shape index (κ1) is 34.2. The number of nitrogens with zero attached hydrogens (tertiary/aromatic N) is 1.